The lowest BCUT2D eigenvalue weighted by atomic mass is 9.96. The van der Waals surface area contributed by atoms with E-state index in [1.54, 1.807) is 22.5 Å². The van der Waals surface area contributed by atoms with E-state index in [1.807, 2.05) is 12.1 Å². The van der Waals surface area contributed by atoms with Crippen molar-refractivity contribution in [3.63, 3.8) is 0 Å². The highest BCUT2D eigenvalue weighted by atomic mass is 32.2. The van der Waals surface area contributed by atoms with Crippen molar-refractivity contribution in [3.8, 4) is 0 Å². The maximum absolute atomic E-state index is 13.3. The first-order chi connectivity index (χ1) is 15.1. The molecule has 0 amide bonds. The van der Waals surface area contributed by atoms with E-state index in [9.17, 15) is 8.42 Å². The van der Waals surface area contributed by atoms with Gasteiger partial charge >= 0.3 is 0 Å². The van der Waals surface area contributed by atoms with Gasteiger partial charge < -0.3 is 4.90 Å². The molecule has 1 fully saturated rings. The van der Waals surface area contributed by atoms with Crippen LogP contribution in [0.1, 0.15) is 17.2 Å². The van der Waals surface area contributed by atoms with E-state index in [0.717, 1.165) is 0 Å². The molecule has 0 spiro atoms. The van der Waals surface area contributed by atoms with Gasteiger partial charge in [-0.15, -0.1) is 0 Å². The minimum Gasteiger partial charge on any atom is -0.323 e. The summed E-state index contributed by atoms with van der Waals surface area (Å²) in [7, 11) is -3.68. The molecule has 1 aliphatic heterocycles. The van der Waals surface area contributed by atoms with Crippen LogP contribution in [0, 0.1) is 0 Å². The number of nitrogens with one attached hydrogen (secondary N) is 1. The zero-order chi connectivity index (χ0) is 21.3. The van der Waals surface area contributed by atoms with Crippen molar-refractivity contribution in [2.45, 2.75) is 10.9 Å². The number of aromatic nitrogens is 2. The maximum atomic E-state index is 13.3. The molecule has 0 radical (unpaired) electrons. The monoisotopic (exact) mass is 435 g/mol. The summed E-state index contributed by atoms with van der Waals surface area (Å²) >= 11 is 0. The average Bonchev–Trinajstić information content (AvgIpc) is 3.30. The second-order valence-electron chi connectivity index (χ2n) is 7.70. The Morgan fingerprint density at radius 1 is 0.806 bits per heavy atom. The summed E-state index contributed by atoms with van der Waals surface area (Å²) in [6.07, 6.45) is 0. The SMILES string of the molecule is O=S(=O)(c1cccc2nonc12)N1CC[NH+](C(c2ccccc2)c2ccccc2)CC1. The van der Waals surface area contributed by atoms with Gasteiger partial charge in [0.05, 0.1) is 26.2 Å². The van der Waals surface area contributed by atoms with Gasteiger partial charge in [0.2, 0.25) is 10.0 Å². The van der Waals surface area contributed by atoms with Gasteiger partial charge in [0.1, 0.15) is 16.5 Å². The predicted molar refractivity (Wildman–Crippen MR) is 116 cm³/mol. The molecule has 3 aromatic carbocycles. The molecule has 1 N–H and O–H groups in total. The normalized spacial score (nSPS) is 16.2. The number of fused-ring (bicyclic) bond motifs is 1. The van der Waals surface area contributed by atoms with Gasteiger partial charge in [0.15, 0.2) is 5.52 Å². The third-order valence-electron chi connectivity index (χ3n) is 5.91. The zero-order valence-electron chi connectivity index (χ0n) is 16.9. The number of rotatable bonds is 5. The van der Waals surface area contributed by atoms with Crippen LogP contribution < -0.4 is 4.90 Å². The van der Waals surface area contributed by atoms with Crippen LogP contribution in [-0.2, 0) is 10.0 Å². The van der Waals surface area contributed by atoms with Crippen molar-refractivity contribution < 1.29 is 17.9 Å². The highest BCUT2D eigenvalue weighted by molar-refractivity contribution is 7.89. The van der Waals surface area contributed by atoms with Crippen molar-refractivity contribution in [1.29, 1.82) is 0 Å². The molecular formula is C23H23N4O3S+. The Bertz CT molecular complexity index is 1230. The van der Waals surface area contributed by atoms with Crippen molar-refractivity contribution in [2.75, 3.05) is 26.2 Å². The molecule has 2 heterocycles. The maximum Gasteiger partial charge on any atom is 0.245 e. The first kappa shape index (κ1) is 19.9. The van der Waals surface area contributed by atoms with Crippen LogP contribution in [0.3, 0.4) is 0 Å². The van der Waals surface area contributed by atoms with Crippen molar-refractivity contribution in [2.24, 2.45) is 0 Å². The van der Waals surface area contributed by atoms with Gasteiger partial charge in [-0.25, -0.2) is 13.0 Å². The Kier molecular flexibility index (Phi) is 5.27. The van der Waals surface area contributed by atoms with Gasteiger partial charge in [0, 0.05) is 11.1 Å². The van der Waals surface area contributed by atoms with E-state index in [2.05, 4.69) is 58.8 Å². The third kappa shape index (κ3) is 3.74. The number of piperazine rings is 1. The molecule has 158 valence electrons. The summed E-state index contributed by atoms with van der Waals surface area (Å²) in [4.78, 5) is 1.50. The highest BCUT2D eigenvalue weighted by Crippen LogP contribution is 2.24. The summed E-state index contributed by atoms with van der Waals surface area (Å²) in [6, 6.07) is 25.9. The lowest BCUT2D eigenvalue weighted by molar-refractivity contribution is -0.929. The number of nitrogens with zero attached hydrogens (tertiary/aromatic N) is 3. The van der Waals surface area contributed by atoms with Gasteiger partial charge in [-0.1, -0.05) is 66.7 Å². The lowest BCUT2D eigenvalue weighted by Crippen LogP contribution is -3.15. The number of benzene rings is 3. The number of sulfonamides is 1. The van der Waals surface area contributed by atoms with Gasteiger partial charge in [-0.3, -0.25) is 0 Å². The van der Waals surface area contributed by atoms with Gasteiger partial charge in [0.25, 0.3) is 0 Å². The van der Waals surface area contributed by atoms with Crippen LogP contribution in [0.15, 0.2) is 88.4 Å². The fourth-order valence-corrected chi connectivity index (χ4v) is 5.96. The Morgan fingerprint density at radius 2 is 1.42 bits per heavy atom. The fourth-order valence-electron chi connectivity index (χ4n) is 4.39. The summed E-state index contributed by atoms with van der Waals surface area (Å²) < 4.78 is 32.9. The molecule has 5 rings (SSSR count). The standard InChI is InChI=1S/C23H22N4O3S/c28-31(29,21-13-7-12-20-22(21)25-30-24-20)27-16-14-26(15-17-27)23(18-8-3-1-4-9-18)19-10-5-2-6-11-19/h1-13,23H,14-17H2/p+1. The van der Waals surface area contributed by atoms with E-state index in [0.29, 0.717) is 31.7 Å². The minimum atomic E-state index is -3.68. The largest absolute Gasteiger partial charge is 0.323 e. The molecule has 1 aliphatic rings. The molecule has 1 aromatic heterocycles. The number of hydrogen-bond acceptors (Lipinski definition) is 5. The molecule has 1 saturated heterocycles. The minimum absolute atomic E-state index is 0.150. The summed E-state index contributed by atoms with van der Waals surface area (Å²) in [6.45, 7) is 2.30. The molecule has 7 nitrogen and oxygen atoms in total. The van der Waals surface area contributed by atoms with E-state index >= 15 is 0 Å². The first-order valence-electron chi connectivity index (χ1n) is 10.3. The topological polar surface area (TPSA) is 80.7 Å². The van der Waals surface area contributed by atoms with Crippen LogP contribution >= 0.6 is 0 Å². The Balaban J connectivity index is 1.40. The van der Waals surface area contributed by atoms with E-state index in [1.165, 1.54) is 16.0 Å². The third-order valence-corrected chi connectivity index (χ3v) is 7.84. The number of quaternary nitrogens is 1. The molecule has 4 aromatic rings. The van der Waals surface area contributed by atoms with E-state index in [-0.39, 0.29) is 16.5 Å². The molecular weight excluding hydrogens is 412 g/mol. The van der Waals surface area contributed by atoms with Crippen LogP contribution in [0.5, 0.6) is 0 Å². The van der Waals surface area contributed by atoms with Crippen molar-refractivity contribution in [1.82, 2.24) is 14.6 Å². The molecule has 0 saturated carbocycles. The lowest BCUT2D eigenvalue weighted by Gasteiger charge is -2.36. The Morgan fingerprint density at radius 3 is 2.03 bits per heavy atom. The first-order valence-corrected chi connectivity index (χ1v) is 11.7. The zero-order valence-corrected chi connectivity index (χ0v) is 17.7. The van der Waals surface area contributed by atoms with E-state index in [4.69, 9.17) is 4.63 Å². The molecule has 0 aliphatic carbocycles. The van der Waals surface area contributed by atoms with Gasteiger partial charge in [-0.05, 0) is 22.4 Å². The summed E-state index contributed by atoms with van der Waals surface area (Å²) in [5.74, 6) is 0. The molecule has 31 heavy (non-hydrogen) atoms. The molecule has 0 unspecified atom stereocenters. The summed E-state index contributed by atoms with van der Waals surface area (Å²) in [5.41, 5.74) is 3.19. The Labute approximate surface area is 180 Å². The van der Waals surface area contributed by atoms with Crippen LogP contribution in [0.25, 0.3) is 11.0 Å². The highest BCUT2D eigenvalue weighted by Gasteiger charge is 2.36. The quantitative estimate of drug-likeness (QED) is 0.518. The van der Waals surface area contributed by atoms with Crippen molar-refractivity contribution in [3.05, 3.63) is 90.0 Å². The molecule has 0 bridgehead atoms. The predicted octanol–water partition coefficient (Wildman–Crippen LogP) is 1.90. The van der Waals surface area contributed by atoms with E-state index < -0.39 is 10.0 Å². The van der Waals surface area contributed by atoms with Crippen LogP contribution in [-0.4, -0.2) is 49.2 Å². The smallest absolute Gasteiger partial charge is 0.245 e. The Hall–Kier alpha value is -3.07. The van der Waals surface area contributed by atoms with Gasteiger partial charge in [-0.2, -0.15) is 4.31 Å². The van der Waals surface area contributed by atoms with Crippen LogP contribution in [0.2, 0.25) is 0 Å². The molecule has 0 atom stereocenters. The average molecular weight is 436 g/mol. The van der Waals surface area contributed by atoms with Crippen molar-refractivity contribution >= 4 is 21.1 Å². The molecule has 8 heteroatoms. The number of hydrogen-bond donors (Lipinski definition) is 1. The van der Waals surface area contributed by atoms with Crippen LogP contribution in [0.4, 0.5) is 0 Å². The fraction of sp³-hybridized carbons (Fsp3) is 0.217. The second kappa shape index (κ2) is 8.22. The summed E-state index contributed by atoms with van der Waals surface area (Å²) in [5, 5.41) is 7.57. The second-order valence-corrected chi connectivity index (χ2v) is 9.61.